The minimum absolute atomic E-state index is 0.0105. The molecule has 4 nitrogen and oxygen atoms in total. The molecule has 0 fully saturated rings. The summed E-state index contributed by atoms with van der Waals surface area (Å²) < 4.78 is 5.56. The summed E-state index contributed by atoms with van der Waals surface area (Å²) in [5.41, 5.74) is 2.09. The number of nitrogens with zero attached hydrogens (tertiary/aromatic N) is 2. The van der Waals surface area contributed by atoms with Crippen molar-refractivity contribution in [1.82, 2.24) is 9.97 Å². The van der Waals surface area contributed by atoms with Gasteiger partial charge in [-0.2, -0.15) is 0 Å². The summed E-state index contributed by atoms with van der Waals surface area (Å²) in [5, 5.41) is 0. The molecule has 0 aliphatic carbocycles. The summed E-state index contributed by atoms with van der Waals surface area (Å²) >= 11 is 0. The molecule has 0 aliphatic heterocycles. The molecule has 0 unspecified atom stereocenters. The lowest BCUT2D eigenvalue weighted by Crippen LogP contribution is -2.20. The highest BCUT2D eigenvalue weighted by Gasteiger charge is 2.18. The molecule has 0 atom stereocenters. The Morgan fingerprint density at radius 1 is 0.962 bits per heavy atom. The number of carbonyl (C=O) groups excluding carboxylic acids is 1. The number of aromatic nitrogens is 2. The quantitative estimate of drug-likeness (QED) is 0.411. The zero-order valence-corrected chi connectivity index (χ0v) is 16.2. The van der Waals surface area contributed by atoms with Gasteiger partial charge in [0.25, 0.3) is 0 Å². The van der Waals surface area contributed by atoms with Crippen LogP contribution in [0.25, 0.3) is 11.4 Å². The van der Waals surface area contributed by atoms with E-state index in [0.29, 0.717) is 11.6 Å². The van der Waals surface area contributed by atoms with Gasteiger partial charge in [-0.3, -0.25) is 4.79 Å². The summed E-state index contributed by atoms with van der Waals surface area (Å²) in [4.78, 5) is 21.2. The zero-order valence-electron chi connectivity index (χ0n) is 16.2. The summed E-state index contributed by atoms with van der Waals surface area (Å²) in [7, 11) is 0. The number of benzene rings is 1. The van der Waals surface area contributed by atoms with E-state index in [1.54, 1.807) is 0 Å². The number of ether oxygens (including phenoxy) is 1. The molecule has 4 heteroatoms. The first-order valence-electron chi connectivity index (χ1n) is 9.80. The molecule has 2 aromatic rings. The maximum absolute atomic E-state index is 12.3. The Labute approximate surface area is 157 Å². The van der Waals surface area contributed by atoms with Gasteiger partial charge in [-0.1, -0.05) is 40.0 Å². The first kappa shape index (κ1) is 20.1. The van der Waals surface area contributed by atoms with Crippen molar-refractivity contribution in [3.05, 3.63) is 42.2 Å². The summed E-state index contributed by atoms with van der Waals surface area (Å²) in [6, 6.07) is 7.43. The molecule has 1 aromatic carbocycles. The van der Waals surface area contributed by atoms with Crippen molar-refractivity contribution in [2.75, 3.05) is 0 Å². The molecule has 0 saturated heterocycles. The van der Waals surface area contributed by atoms with E-state index in [-0.39, 0.29) is 11.9 Å². The van der Waals surface area contributed by atoms with Crippen molar-refractivity contribution >= 4 is 5.97 Å². The Bertz CT molecular complexity index is 660. The molecule has 26 heavy (non-hydrogen) atoms. The molecule has 0 aliphatic rings. The minimum Gasteiger partial charge on any atom is -0.426 e. The van der Waals surface area contributed by atoms with E-state index in [2.05, 4.69) is 30.7 Å². The third-order valence-electron chi connectivity index (χ3n) is 4.46. The molecule has 0 N–H and O–H groups in total. The number of aryl methyl sites for hydroxylation is 1. The van der Waals surface area contributed by atoms with Crippen LogP contribution < -0.4 is 4.74 Å². The van der Waals surface area contributed by atoms with Crippen LogP contribution in [0.1, 0.15) is 64.9 Å². The van der Waals surface area contributed by atoms with Crippen LogP contribution in [0.4, 0.5) is 0 Å². The summed E-state index contributed by atoms with van der Waals surface area (Å²) in [5.74, 6) is 1.13. The van der Waals surface area contributed by atoms with Gasteiger partial charge in [-0.15, -0.1) is 0 Å². The topological polar surface area (TPSA) is 52.1 Å². The highest BCUT2D eigenvalue weighted by Crippen LogP contribution is 2.22. The molecule has 2 rings (SSSR count). The van der Waals surface area contributed by atoms with Crippen LogP contribution in [-0.2, 0) is 11.2 Å². The molecule has 0 saturated carbocycles. The Balaban J connectivity index is 2.00. The first-order valence-corrected chi connectivity index (χ1v) is 9.80. The van der Waals surface area contributed by atoms with Crippen LogP contribution >= 0.6 is 0 Å². The van der Waals surface area contributed by atoms with Crippen molar-refractivity contribution in [2.24, 2.45) is 5.92 Å². The van der Waals surface area contributed by atoms with Crippen molar-refractivity contribution in [1.29, 1.82) is 0 Å². The van der Waals surface area contributed by atoms with Crippen molar-refractivity contribution in [2.45, 2.75) is 65.7 Å². The normalized spacial score (nSPS) is 10.9. The van der Waals surface area contributed by atoms with E-state index in [9.17, 15) is 4.79 Å². The van der Waals surface area contributed by atoms with Crippen molar-refractivity contribution in [3.8, 4) is 17.1 Å². The van der Waals surface area contributed by atoms with E-state index in [1.807, 2.05) is 36.7 Å². The van der Waals surface area contributed by atoms with Crippen LogP contribution in [0.5, 0.6) is 5.75 Å². The number of rotatable bonds is 10. The smallest absolute Gasteiger partial charge is 0.314 e. The second-order valence-electron chi connectivity index (χ2n) is 6.74. The Morgan fingerprint density at radius 3 is 2.12 bits per heavy atom. The molecular formula is C22H30N2O2. The number of hydrogen-bond donors (Lipinski definition) is 0. The van der Waals surface area contributed by atoms with E-state index in [0.717, 1.165) is 44.1 Å². The van der Waals surface area contributed by atoms with Gasteiger partial charge < -0.3 is 4.74 Å². The standard InChI is InChI=1S/C22H30N2O2/c1-4-7-10-17-15-23-21(24-16-17)18-11-13-20(14-12-18)26-22(25)19(8-5-2)9-6-3/h11-16,19H,4-10H2,1-3H3. The van der Waals surface area contributed by atoms with Crippen molar-refractivity contribution < 1.29 is 9.53 Å². The molecule has 0 radical (unpaired) electrons. The minimum atomic E-state index is -0.127. The van der Waals surface area contributed by atoms with E-state index in [4.69, 9.17) is 4.74 Å². The second-order valence-corrected chi connectivity index (χ2v) is 6.74. The van der Waals surface area contributed by atoms with Gasteiger partial charge in [0.15, 0.2) is 5.82 Å². The fourth-order valence-electron chi connectivity index (χ4n) is 2.96. The highest BCUT2D eigenvalue weighted by atomic mass is 16.5. The number of unbranched alkanes of at least 4 members (excludes halogenated alkanes) is 1. The lowest BCUT2D eigenvalue weighted by Gasteiger charge is -2.14. The highest BCUT2D eigenvalue weighted by molar-refractivity contribution is 5.75. The Morgan fingerprint density at radius 2 is 1.58 bits per heavy atom. The predicted octanol–water partition coefficient (Wildman–Crippen LogP) is 5.61. The fourth-order valence-corrected chi connectivity index (χ4v) is 2.96. The predicted molar refractivity (Wildman–Crippen MR) is 105 cm³/mol. The zero-order chi connectivity index (χ0) is 18.8. The lowest BCUT2D eigenvalue weighted by atomic mass is 9.99. The summed E-state index contributed by atoms with van der Waals surface area (Å²) in [6.45, 7) is 6.37. The Hall–Kier alpha value is -2.23. The van der Waals surface area contributed by atoms with Gasteiger partial charge in [0.2, 0.25) is 0 Å². The van der Waals surface area contributed by atoms with Crippen LogP contribution in [0.3, 0.4) is 0 Å². The van der Waals surface area contributed by atoms with E-state index < -0.39 is 0 Å². The van der Waals surface area contributed by atoms with E-state index >= 15 is 0 Å². The van der Waals surface area contributed by atoms with E-state index in [1.165, 1.54) is 12.0 Å². The van der Waals surface area contributed by atoms with Crippen LogP contribution in [0.2, 0.25) is 0 Å². The van der Waals surface area contributed by atoms with Gasteiger partial charge in [0.05, 0.1) is 5.92 Å². The van der Waals surface area contributed by atoms with Gasteiger partial charge in [-0.25, -0.2) is 9.97 Å². The largest absolute Gasteiger partial charge is 0.426 e. The lowest BCUT2D eigenvalue weighted by molar-refractivity contribution is -0.139. The van der Waals surface area contributed by atoms with Crippen LogP contribution in [-0.4, -0.2) is 15.9 Å². The SMILES string of the molecule is CCCCc1cnc(-c2ccc(OC(=O)C(CCC)CCC)cc2)nc1. The molecule has 0 bridgehead atoms. The maximum Gasteiger partial charge on any atom is 0.314 e. The molecule has 1 heterocycles. The number of esters is 1. The van der Waals surface area contributed by atoms with Crippen LogP contribution in [0, 0.1) is 5.92 Å². The van der Waals surface area contributed by atoms with Gasteiger partial charge >= 0.3 is 5.97 Å². The maximum atomic E-state index is 12.3. The Kier molecular flexibility index (Phi) is 8.26. The summed E-state index contributed by atoms with van der Waals surface area (Å²) in [6.07, 6.45) is 10.9. The molecule has 140 valence electrons. The monoisotopic (exact) mass is 354 g/mol. The number of hydrogen-bond acceptors (Lipinski definition) is 4. The first-order chi connectivity index (χ1) is 12.7. The third kappa shape index (κ3) is 5.94. The molecule has 1 aromatic heterocycles. The molecule has 0 spiro atoms. The number of carbonyl (C=O) groups is 1. The van der Waals surface area contributed by atoms with Crippen LogP contribution in [0.15, 0.2) is 36.7 Å². The average Bonchev–Trinajstić information content (AvgIpc) is 2.67. The van der Waals surface area contributed by atoms with Crippen molar-refractivity contribution in [3.63, 3.8) is 0 Å². The fraction of sp³-hybridized carbons (Fsp3) is 0.500. The molecular weight excluding hydrogens is 324 g/mol. The average molecular weight is 354 g/mol. The van der Waals surface area contributed by atoms with Gasteiger partial charge in [0, 0.05) is 18.0 Å². The van der Waals surface area contributed by atoms with Gasteiger partial charge in [0.1, 0.15) is 5.75 Å². The third-order valence-corrected chi connectivity index (χ3v) is 4.46. The molecule has 0 amide bonds. The second kappa shape index (κ2) is 10.7. The van der Waals surface area contributed by atoms with Gasteiger partial charge in [-0.05, 0) is 55.5 Å².